The molecule has 5 heterocycles. The number of carboxylic acid groups (broad SMARTS) is 3. The number of carbonyl (C=O) groups is 3. The van der Waals surface area contributed by atoms with Crippen molar-refractivity contribution in [2.24, 2.45) is 0 Å². The van der Waals surface area contributed by atoms with Gasteiger partial charge in [-0.05, 0) is 73.9 Å². The minimum absolute atomic E-state index is 0.0755. The molecule has 198 valence electrons. The van der Waals surface area contributed by atoms with Crippen LogP contribution in [-0.2, 0) is 33.6 Å². The summed E-state index contributed by atoms with van der Waals surface area (Å²) in [5, 5.41) is 28.1. The van der Waals surface area contributed by atoms with Gasteiger partial charge in [0.05, 0.1) is 22.8 Å². The fraction of sp³-hybridized carbons (Fsp3) is 0.207. The van der Waals surface area contributed by atoms with Crippen molar-refractivity contribution in [2.45, 2.75) is 38.5 Å². The van der Waals surface area contributed by atoms with Crippen LogP contribution in [0.3, 0.4) is 0 Å². The van der Waals surface area contributed by atoms with Crippen molar-refractivity contribution in [3.05, 3.63) is 69.8 Å². The Morgan fingerprint density at radius 1 is 0.590 bits per heavy atom. The summed E-state index contributed by atoms with van der Waals surface area (Å²) in [7, 11) is 0. The summed E-state index contributed by atoms with van der Waals surface area (Å²) < 4.78 is 0. The molecule has 0 saturated carbocycles. The van der Waals surface area contributed by atoms with E-state index in [9.17, 15) is 29.7 Å². The Balaban J connectivity index is 1.84. The molecular weight excluding hydrogens is 500 g/mol. The Labute approximate surface area is 222 Å². The average molecular weight is 527 g/mol. The third-order valence-corrected chi connectivity index (χ3v) is 6.67. The molecule has 0 unspecified atom stereocenters. The minimum Gasteiger partial charge on any atom is -0.481 e. The van der Waals surface area contributed by atoms with E-state index in [1.165, 1.54) is 0 Å². The van der Waals surface area contributed by atoms with Crippen LogP contribution in [0.4, 0.5) is 0 Å². The molecule has 39 heavy (non-hydrogen) atoms. The number of H-pyrrole nitrogens is 2. The number of aromatic nitrogens is 4. The van der Waals surface area contributed by atoms with Gasteiger partial charge in [0, 0.05) is 58.0 Å². The molecular formula is C29H26N4O6. The van der Waals surface area contributed by atoms with Gasteiger partial charge >= 0.3 is 17.9 Å². The van der Waals surface area contributed by atoms with Crippen LogP contribution in [0, 0.1) is 0 Å². The highest BCUT2D eigenvalue weighted by Gasteiger charge is 2.16. The molecule has 0 aromatic carbocycles. The Hall–Kier alpha value is -4.99. The van der Waals surface area contributed by atoms with Crippen LogP contribution in [-0.4, -0.2) is 53.2 Å². The van der Waals surface area contributed by atoms with Crippen molar-refractivity contribution in [3.63, 3.8) is 0 Å². The van der Waals surface area contributed by atoms with Crippen molar-refractivity contribution in [3.8, 4) is 0 Å². The second-order valence-electron chi connectivity index (χ2n) is 9.35. The van der Waals surface area contributed by atoms with Crippen LogP contribution in [0.2, 0.25) is 0 Å². The number of aryl methyl sites for hydroxylation is 3. The standard InChI is InChI=1S/C29H26N4O6/c34-27(35)12-3-18-21-6-1-16(30-21)15-17-2-7-22(31-17)19(4-13-28(36)37)24-9-11-26(33-24)20(5-14-29(38)39)25-10-8-23(18)32-25/h1-2,6-11,15,30,33H,3-5,12-14H2,(H,34,35)(H,36,37)(H,38,39). The smallest absolute Gasteiger partial charge is 0.303 e. The minimum atomic E-state index is -0.945. The highest BCUT2D eigenvalue weighted by molar-refractivity contribution is 5.83. The first-order chi connectivity index (χ1) is 18.8. The van der Waals surface area contributed by atoms with Gasteiger partial charge in [0.25, 0.3) is 0 Å². The molecule has 2 aliphatic heterocycles. The van der Waals surface area contributed by atoms with E-state index in [0.29, 0.717) is 39.4 Å². The number of fused-ring (bicyclic) bond motifs is 8. The van der Waals surface area contributed by atoms with Crippen molar-refractivity contribution >= 4 is 64.3 Å². The first-order valence-electron chi connectivity index (χ1n) is 12.5. The number of aliphatic carboxylic acids is 3. The normalized spacial score (nSPS) is 12.1. The lowest BCUT2D eigenvalue weighted by Crippen LogP contribution is -2.01. The molecule has 0 spiro atoms. The van der Waals surface area contributed by atoms with Crippen LogP contribution in [0.1, 0.15) is 58.7 Å². The van der Waals surface area contributed by atoms with Crippen LogP contribution >= 0.6 is 0 Å². The number of carboxylic acids is 3. The van der Waals surface area contributed by atoms with E-state index < -0.39 is 17.9 Å². The third-order valence-electron chi connectivity index (χ3n) is 6.67. The second kappa shape index (κ2) is 10.8. The number of nitrogens with one attached hydrogen (secondary N) is 2. The maximum absolute atomic E-state index is 11.5. The Kier molecular flexibility index (Phi) is 7.09. The van der Waals surface area contributed by atoms with Gasteiger partial charge in [0.2, 0.25) is 0 Å². The summed E-state index contributed by atoms with van der Waals surface area (Å²) in [6.07, 6.45) is 7.77. The first-order valence-corrected chi connectivity index (χ1v) is 12.5. The van der Waals surface area contributed by atoms with E-state index in [4.69, 9.17) is 9.97 Å². The highest BCUT2D eigenvalue weighted by Crippen LogP contribution is 2.27. The fourth-order valence-corrected chi connectivity index (χ4v) is 4.80. The molecule has 0 amide bonds. The molecule has 10 heteroatoms. The number of hydrogen-bond acceptors (Lipinski definition) is 5. The van der Waals surface area contributed by atoms with E-state index in [-0.39, 0.29) is 38.5 Å². The molecule has 5 rings (SSSR count). The van der Waals surface area contributed by atoms with Gasteiger partial charge in [-0.25, -0.2) is 9.97 Å². The number of rotatable bonds is 9. The molecule has 0 aliphatic carbocycles. The van der Waals surface area contributed by atoms with Gasteiger partial charge in [-0.15, -0.1) is 0 Å². The van der Waals surface area contributed by atoms with Gasteiger partial charge < -0.3 is 25.3 Å². The molecule has 0 fully saturated rings. The van der Waals surface area contributed by atoms with Crippen molar-refractivity contribution < 1.29 is 29.7 Å². The Morgan fingerprint density at radius 3 is 1.54 bits per heavy atom. The molecule has 0 atom stereocenters. The zero-order valence-electron chi connectivity index (χ0n) is 20.9. The van der Waals surface area contributed by atoms with Gasteiger partial charge in [-0.3, -0.25) is 14.4 Å². The predicted octanol–water partition coefficient (Wildman–Crippen LogP) is 4.71. The molecule has 10 nitrogen and oxygen atoms in total. The largest absolute Gasteiger partial charge is 0.481 e. The first kappa shape index (κ1) is 25.7. The molecule has 3 aromatic heterocycles. The number of hydrogen-bond donors (Lipinski definition) is 5. The molecule has 0 radical (unpaired) electrons. The molecule has 8 bridgehead atoms. The highest BCUT2D eigenvalue weighted by atomic mass is 16.4. The quantitative estimate of drug-likeness (QED) is 0.184. The monoisotopic (exact) mass is 526 g/mol. The van der Waals surface area contributed by atoms with Crippen LogP contribution in [0.5, 0.6) is 0 Å². The maximum atomic E-state index is 11.5. The zero-order chi connectivity index (χ0) is 27.5. The van der Waals surface area contributed by atoms with Gasteiger partial charge in [-0.1, -0.05) is 0 Å². The topological polar surface area (TPSA) is 169 Å². The predicted molar refractivity (Wildman–Crippen MR) is 147 cm³/mol. The SMILES string of the molecule is O=C(O)CCc1c2nc(c(CCC(=O)O)c3ccc([nH]3)c(CCC(=O)O)c3nc(cc4ccc1[nH]4)C=C3)C=C2. The van der Waals surface area contributed by atoms with E-state index in [1.54, 1.807) is 0 Å². The van der Waals surface area contributed by atoms with Crippen LogP contribution in [0.15, 0.2) is 30.3 Å². The van der Waals surface area contributed by atoms with Crippen LogP contribution < -0.4 is 0 Å². The molecule has 0 saturated heterocycles. The summed E-state index contributed by atoms with van der Waals surface area (Å²) in [6, 6.07) is 9.29. The molecule has 5 N–H and O–H groups in total. The average Bonchev–Trinajstić information content (AvgIpc) is 3.68. The van der Waals surface area contributed by atoms with E-state index >= 15 is 0 Å². The van der Waals surface area contributed by atoms with Gasteiger partial charge in [0.1, 0.15) is 0 Å². The lowest BCUT2D eigenvalue weighted by molar-refractivity contribution is -0.138. The van der Waals surface area contributed by atoms with Gasteiger partial charge in [0.15, 0.2) is 0 Å². The summed E-state index contributed by atoms with van der Waals surface area (Å²) in [5.41, 5.74) is 7.53. The summed E-state index contributed by atoms with van der Waals surface area (Å²) in [6.45, 7) is 0. The zero-order valence-corrected chi connectivity index (χ0v) is 20.9. The summed E-state index contributed by atoms with van der Waals surface area (Å²) >= 11 is 0. The second-order valence-corrected chi connectivity index (χ2v) is 9.35. The van der Waals surface area contributed by atoms with E-state index in [0.717, 1.165) is 22.2 Å². The third kappa shape index (κ3) is 5.80. The lowest BCUT2D eigenvalue weighted by atomic mass is 10.1. The van der Waals surface area contributed by atoms with Crippen molar-refractivity contribution in [1.82, 2.24) is 19.9 Å². The molecule has 3 aromatic rings. The Bertz CT molecular complexity index is 1690. The lowest BCUT2D eigenvalue weighted by Gasteiger charge is -2.03. The van der Waals surface area contributed by atoms with E-state index in [2.05, 4.69) is 9.97 Å². The number of nitrogens with zero attached hydrogens (tertiary/aromatic N) is 2. The molecule has 2 aliphatic rings. The van der Waals surface area contributed by atoms with Gasteiger partial charge in [-0.2, -0.15) is 0 Å². The Morgan fingerprint density at radius 2 is 1.03 bits per heavy atom. The van der Waals surface area contributed by atoms with Crippen LogP contribution in [0.25, 0.3) is 46.4 Å². The summed E-state index contributed by atoms with van der Waals surface area (Å²) in [4.78, 5) is 50.5. The number of aromatic amines is 2. The van der Waals surface area contributed by atoms with Crippen molar-refractivity contribution in [2.75, 3.05) is 0 Å². The summed E-state index contributed by atoms with van der Waals surface area (Å²) in [5.74, 6) is -2.79. The van der Waals surface area contributed by atoms with Crippen molar-refractivity contribution in [1.29, 1.82) is 0 Å². The van der Waals surface area contributed by atoms with E-state index in [1.807, 2.05) is 54.6 Å². The fourth-order valence-electron chi connectivity index (χ4n) is 4.80. The maximum Gasteiger partial charge on any atom is 0.303 e.